The van der Waals surface area contributed by atoms with Crippen LogP contribution in [0, 0.1) is 0 Å². The number of halogens is 1. The standard InChI is InChI=1S/C13H21BrN2O2S/c1-10(15)8-11-9-12(14)4-5-13(11)16(2)6-7-19(3,17)18/h4-5,9-10H,6-8,15H2,1-3H3. The summed E-state index contributed by atoms with van der Waals surface area (Å²) in [6, 6.07) is 6.05. The highest BCUT2D eigenvalue weighted by Crippen LogP contribution is 2.25. The fourth-order valence-electron chi connectivity index (χ4n) is 1.86. The van der Waals surface area contributed by atoms with Gasteiger partial charge in [0.1, 0.15) is 9.84 Å². The molecule has 0 amide bonds. The van der Waals surface area contributed by atoms with E-state index in [9.17, 15) is 8.42 Å². The van der Waals surface area contributed by atoms with Gasteiger partial charge in [-0.15, -0.1) is 0 Å². The van der Waals surface area contributed by atoms with Crippen molar-refractivity contribution < 1.29 is 8.42 Å². The molecule has 4 nitrogen and oxygen atoms in total. The lowest BCUT2D eigenvalue weighted by Crippen LogP contribution is -2.27. The van der Waals surface area contributed by atoms with Crippen molar-refractivity contribution in [3.05, 3.63) is 28.2 Å². The minimum Gasteiger partial charge on any atom is -0.373 e. The Morgan fingerprint density at radius 1 is 1.42 bits per heavy atom. The van der Waals surface area contributed by atoms with E-state index < -0.39 is 9.84 Å². The normalized spacial score (nSPS) is 13.3. The maximum absolute atomic E-state index is 11.2. The molecule has 0 aliphatic rings. The number of nitrogens with two attached hydrogens (primary N) is 1. The number of sulfone groups is 1. The van der Waals surface area contributed by atoms with E-state index in [1.807, 2.05) is 37.1 Å². The largest absolute Gasteiger partial charge is 0.373 e. The molecule has 0 aliphatic carbocycles. The molecule has 1 rings (SSSR count). The second kappa shape index (κ2) is 6.72. The lowest BCUT2D eigenvalue weighted by atomic mass is 10.0. The van der Waals surface area contributed by atoms with Crippen LogP contribution in [0.3, 0.4) is 0 Å². The van der Waals surface area contributed by atoms with Crippen molar-refractivity contribution in [2.75, 3.05) is 30.5 Å². The van der Waals surface area contributed by atoms with E-state index in [2.05, 4.69) is 15.9 Å². The van der Waals surface area contributed by atoms with Crippen molar-refractivity contribution in [2.45, 2.75) is 19.4 Å². The van der Waals surface area contributed by atoms with E-state index in [-0.39, 0.29) is 11.8 Å². The average Bonchev–Trinajstić information content (AvgIpc) is 2.24. The summed E-state index contributed by atoms with van der Waals surface area (Å²) < 4.78 is 23.5. The molecule has 0 heterocycles. The lowest BCUT2D eigenvalue weighted by Gasteiger charge is -2.23. The van der Waals surface area contributed by atoms with Gasteiger partial charge in [-0.1, -0.05) is 15.9 Å². The van der Waals surface area contributed by atoms with Crippen LogP contribution in [0.25, 0.3) is 0 Å². The SMILES string of the molecule is CC(N)Cc1cc(Br)ccc1N(C)CCS(C)(=O)=O. The molecular formula is C13H21BrN2O2S. The number of hydrogen-bond donors (Lipinski definition) is 1. The van der Waals surface area contributed by atoms with Gasteiger partial charge in [0.05, 0.1) is 5.75 Å². The van der Waals surface area contributed by atoms with E-state index in [1.165, 1.54) is 6.26 Å². The van der Waals surface area contributed by atoms with Gasteiger partial charge >= 0.3 is 0 Å². The van der Waals surface area contributed by atoms with E-state index in [0.717, 1.165) is 22.1 Å². The number of nitrogens with zero attached hydrogens (tertiary/aromatic N) is 1. The molecule has 0 spiro atoms. The number of benzene rings is 1. The summed E-state index contributed by atoms with van der Waals surface area (Å²) in [6.45, 7) is 2.44. The molecule has 19 heavy (non-hydrogen) atoms. The van der Waals surface area contributed by atoms with E-state index in [1.54, 1.807) is 0 Å². The van der Waals surface area contributed by atoms with Crippen LogP contribution in [0.5, 0.6) is 0 Å². The molecule has 108 valence electrons. The second-order valence-corrected chi connectivity index (χ2v) is 8.18. The van der Waals surface area contributed by atoms with Crippen molar-refractivity contribution >= 4 is 31.5 Å². The van der Waals surface area contributed by atoms with Crippen LogP contribution in [-0.4, -0.2) is 40.1 Å². The second-order valence-electron chi connectivity index (χ2n) is 5.01. The van der Waals surface area contributed by atoms with Gasteiger partial charge in [-0.2, -0.15) is 0 Å². The third-order valence-corrected chi connectivity index (χ3v) is 4.21. The van der Waals surface area contributed by atoms with Crippen LogP contribution in [0.2, 0.25) is 0 Å². The molecular weight excluding hydrogens is 328 g/mol. The fraction of sp³-hybridized carbons (Fsp3) is 0.538. The molecule has 6 heteroatoms. The smallest absolute Gasteiger partial charge is 0.149 e. The van der Waals surface area contributed by atoms with Crippen LogP contribution in [0.1, 0.15) is 12.5 Å². The Labute approximate surface area is 124 Å². The Morgan fingerprint density at radius 3 is 2.58 bits per heavy atom. The first kappa shape index (κ1) is 16.5. The van der Waals surface area contributed by atoms with Crippen molar-refractivity contribution in [1.82, 2.24) is 0 Å². The Hall–Kier alpha value is -0.590. The van der Waals surface area contributed by atoms with Crippen LogP contribution in [0.4, 0.5) is 5.69 Å². The molecule has 1 unspecified atom stereocenters. The van der Waals surface area contributed by atoms with Gasteiger partial charge < -0.3 is 10.6 Å². The topological polar surface area (TPSA) is 63.4 Å². The average molecular weight is 349 g/mol. The zero-order chi connectivity index (χ0) is 14.6. The van der Waals surface area contributed by atoms with E-state index in [4.69, 9.17) is 5.73 Å². The van der Waals surface area contributed by atoms with Crippen molar-refractivity contribution in [3.8, 4) is 0 Å². The third-order valence-electron chi connectivity index (χ3n) is 2.79. The molecule has 1 aromatic carbocycles. The van der Waals surface area contributed by atoms with Gasteiger partial charge in [-0.05, 0) is 37.1 Å². The monoisotopic (exact) mass is 348 g/mol. The highest BCUT2D eigenvalue weighted by atomic mass is 79.9. The summed E-state index contributed by atoms with van der Waals surface area (Å²) >= 11 is 3.45. The first-order valence-electron chi connectivity index (χ1n) is 6.12. The zero-order valence-electron chi connectivity index (χ0n) is 11.6. The molecule has 0 aromatic heterocycles. The zero-order valence-corrected chi connectivity index (χ0v) is 14.0. The number of rotatable bonds is 6. The highest BCUT2D eigenvalue weighted by Gasteiger charge is 2.12. The first-order valence-corrected chi connectivity index (χ1v) is 8.97. The molecule has 0 saturated heterocycles. The minimum absolute atomic E-state index is 0.0661. The molecule has 0 fully saturated rings. The van der Waals surface area contributed by atoms with E-state index >= 15 is 0 Å². The lowest BCUT2D eigenvalue weighted by molar-refractivity contribution is 0.601. The Balaban J connectivity index is 2.92. The molecule has 1 aromatic rings. The summed E-state index contributed by atoms with van der Waals surface area (Å²) in [4.78, 5) is 1.96. The molecule has 0 bridgehead atoms. The van der Waals surface area contributed by atoms with Gasteiger partial charge in [0.25, 0.3) is 0 Å². The Kier molecular flexibility index (Phi) is 5.82. The fourth-order valence-corrected chi connectivity index (χ4v) is 2.87. The van der Waals surface area contributed by atoms with Gasteiger partial charge in [0, 0.05) is 36.1 Å². The summed E-state index contributed by atoms with van der Waals surface area (Å²) in [7, 11) is -1.04. The highest BCUT2D eigenvalue weighted by molar-refractivity contribution is 9.10. The van der Waals surface area contributed by atoms with Gasteiger partial charge in [0.2, 0.25) is 0 Å². The minimum atomic E-state index is -2.95. The van der Waals surface area contributed by atoms with Gasteiger partial charge in [-0.3, -0.25) is 0 Å². The van der Waals surface area contributed by atoms with Gasteiger partial charge in [0.15, 0.2) is 0 Å². The van der Waals surface area contributed by atoms with Crippen LogP contribution >= 0.6 is 15.9 Å². The summed E-state index contributed by atoms with van der Waals surface area (Å²) in [5.74, 6) is 0.150. The van der Waals surface area contributed by atoms with E-state index in [0.29, 0.717) is 6.54 Å². The van der Waals surface area contributed by atoms with Crippen molar-refractivity contribution in [2.24, 2.45) is 5.73 Å². The first-order chi connectivity index (χ1) is 8.69. The van der Waals surface area contributed by atoms with Crippen LogP contribution in [-0.2, 0) is 16.3 Å². The summed E-state index contributed by atoms with van der Waals surface area (Å²) in [5.41, 5.74) is 8.01. The number of anilines is 1. The predicted octanol–water partition coefficient (Wildman–Crippen LogP) is 1.82. The maximum atomic E-state index is 11.2. The molecule has 0 aliphatic heterocycles. The summed E-state index contributed by atoms with van der Waals surface area (Å²) in [5, 5.41) is 0. The molecule has 0 radical (unpaired) electrons. The van der Waals surface area contributed by atoms with Crippen molar-refractivity contribution in [3.63, 3.8) is 0 Å². The van der Waals surface area contributed by atoms with Crippen LogP contribution in [0.15, 0.2) is 22.7 Å². The maximum Gasteiger partial charge on any atom is 0.149 e. The quantitative estimate of drug-likeness (QED) is 0.851. The third kappa shape index (κ3) is 5.93. The molecule has 0 saturated carbocycles. The van der Waals surface area contributed by atoms with Crippen LogP contribution < -0.4 is 10.6 Å². The predicted molar refractivity (Wildman–Crippen MR) is 84.5 cm³/mol. The Morgan fingerprint density at radius 2 is 2.05 bits per heavy atom. The number of hydrogen-bond acceptors (Lipinski definition) is 4. The van der Waals surface area contributed by atoms with Crippen molar-refractivity contribution in [1.29, 1.82) is 0 Å². The summed E-state index contributed by atoms with van der Waals surface area (Å²) in [6.07, 6.45) is 2.02. The molecule has 2 N–H and O–H groups in total. The van der Waals surface area contributed by atoms with Gasteiger partial charge in [-0.25, -0.2) is 8.42 Å². The molecule has 1 atom stereocenters. The Bertz CT molecular complexity index is 529.